The minimum Gasteiger partial charge on any atom is -0.364 e. The molecule has 0 bridgehead atoms. The van der Waals surface area contributed by atoms with Gasteiger partial charge in [0.1, 0.15) is 0 Å². The van der Waals surface area contributed by atoms with Crippen LogP contribution in [0.4, 0.5) is 0 Å². The van der Waals surface area contributed by atoms with E-state index in [1.807, 2.05) is 13.8 Å². The van der Waals surface area contributed by atoms with Gasteiger partial charge in [0.05, 0.1) is 11.0 Å². The molecule has 2 heterocycles. The van der Waals surface area contributed by atoms with Crippen LogP contribution in [0.3, 0.4) is 0 Å². The zero-order valence-corrected chi connectivity index (χ0v) is 20.8. The maximum absolute atomic E-state index is 4.47. The number of nitrogens with zero attached hydrogens (tertiary/aromatic N) is 1. The van der Waals surface area contributed by atoms with E-state index in [4.69, 9.17) is 0 Å². The number of nitrogens with one attached hydrogen (secondary N) is 1. The number of hydrogen-bond donors (Lipinski definition) is 1. The number of aromatic nitrogens is 1. The number of rotatable bonds is 2. The number of fused-ring (bicyclic) bond motifs is 4. The predicted molar refractivity (Wildman–Crippen MR) is 151 cm³/mol. The van der Waals surface area contributed by atoms with Gasteiger partial charge in [-0.2, -0.15) is 0 Å². The maximum Gasteiger partial charge on any atom is 0.0541 e. The van der Waals surface area contributed by atoms with Gasteiger partial charge in [-0.15, -0.1) is 0 Å². The molecule has 1 aliphatic carbocycles. The molecule has 0 fully saturated rings. The molecule has 2 aliphatic rings. The molecule has 35 heavy (non-hydrogen) atoms. The molecule has 1 aromatic heterocycles. The lowest BCUT2D eigenvalue weighted by Crippen LogP contribution is -2.29. The summed E-state index contributed by atoms with van der Waals surface area (Å²) in [7, 11) is 0. The molecule has 0 radical (unpaired) electrons. The SMILES string of the molecule is C=C1/C=C(c2ccc3c(c2)c2ccccc2n3-c2ccccc2)\C=C/NC2=CC=CCC12C.CC. The van der Waals surface area contributed by atoms with E-state index in [0.29, 0.717) is 0 Å². The number of benzene rings is 3. The Morgan fingerprint density at radius 2 is 1.63 bits per heavy atom. The van der Waals surface area contributed by atoms with Gasteiger partial charge in [0.2, 0.25) is 0 Å². The van der Waals surface area contributed by atoms with Gasteiger partial charge >= 0.3 is 0 Å². The molecule has 1 unspecified atom stereocenters. The Morgan fingerprint density at radius 3 is 2.46 bits per heavy atom. The van der Waals surface area contributed by atoms with Crippen LogP contribution < -0.4 is 5.32 Å². The monoisotopic (exact) mass is 456 g/mol. The first kappa shape index (κ1) is 22.7. The predicted octanol–water partition coefficient (Wildman–Crippen LogP) is 8.72. The first-order chi connectivity index (χ1) is 17.1. The molecule has 0 saturated carbocycles. The molecule has 1 N–H and O–H groups in total. The largest absolute Gasteiger partial charge is 0.364 e. The van der Waals surface area contributed by atoms with Gasteiger partial charge in [0.25, 0.3) is 0 Å². The van der Waals surface area contributed by atoms with E-state index in [0.717, 1.165) is 12.0 Å². The molecule has 4 aromatic rings. The molecule has 2 nitrogen and oxygen atoms in total. The second kappa shape index (κ2) is 9.31. The van der Waals surface area contributed by atoms with Gasteiger partial charge < -0.3 is 9.88 Å². The molecule has 0 amide bonds. The van der Waals surface area contributed by atoms with Crippen molar-refractivity contribution in [2.75, 3.05) is 0 Å². The van der Waals surface area contributed by atoms with Crippen LogP contribution in [0.5, 0.6) is 0 Å². The van der Waals surface area contributed by atoms with Gasteiger partial charge in [-0.25, -0.2) is 0 Å². The highest BCUT2D eigenvalue weighted by Crippen LogP contribution is 2.42. The molecule has 1 aliphatic heterocycles. The fourth-order valence-electron chi connectivity index (χ4n) is 5.08. The van der Waals surface area contributed by atoms with Crippen molar-refractivity contribution in [1.82, 2.24) is 9.88 Å². The highest BCUT2D eigenvalue weighted by Gasteiger charge is 2.32. The Labute approximate surface area is 208 Å². The molecule has 0 saturated heterocycles. The normalized spacial score (nSPS) is 21.5. The summed E-state index contributed by atoms with van der Waals surface area (Å²) < 4.78 is 2.35. The fourth-order valence-corrected chi connectivity index (χ4v) is 5.08. The first-order valence-corrected chi connectivity index (χ1v) is 12.5. The molecule has 3 aromatic carbocycles. The van der Waals surface area contributed by atoms with Crippen molar-refractivity contribution in [2.45, 2.75) is 27.2 Å². The van der Waals surface area contributed by atoms with Crippen LogP contribution in [-0.4, -0.2) is 4.57 Å². The summed E-state index contributed by atoms with van der Waals surface area (Å²) in [5.74, 6) is 0. The summed E-state index contributed by atoms with van der Waals surface area (Å²) in [5.41, 5.74) is 8.18. The molecule has 1 atom stereocenters. The molecule has 2 heteroatoms. The molecule has 0 spiro atoms. The van der Waals surface area contributed by atoms with Crippen molar-refractivity contribution in [3.8, 4) is 5.69 Å². The second-order valence-electron chi connectivity index (χ2n) is 9.07. The Hall–Kier alpha value is -4.04. The van der Waals surface area contributed by atoms with Crippen molar-refractivity contribution in [2.24, 2.45) is 5.41 Å². The summed E-state index contributed by atoms with van der Waals surface area (Å²) in [6.07, 6.45) is 13.9. The number of hydrogen-bond acceptors (Lipinski definition) is 1. The van der Waals surface area contributed by atoms with Crippen molar-refractivity contribution < 1.29 is 0 Å². The van der Waals surface area contributed by atoms with Gasteiger partial charge in [-0.1, -0.05) is 81.1 Å². The van der Waals surface area contributed by atoms with Crippen LogP contribution in [0, 0.1) is 5.41 Å². The summed E-state index contributed by atoms with van der Waals surface area (Å²) >= 11 is 0. The molecular weight excluding hydrogens is 424 g/mol. The van der Waals surface area contributed by atoms with E-state index in [2.05, 4.69) is 133 Å². The van der Waals surface area contributed by atoms with Crippen molar-refractivity contribution >= 4 is 27.4 Å². The fraction of sp³-hybridized carbons (Fsp3) is 0.152. The summed E-state index contributed by atoms with van der Waals surface area (Å²) in [6.45, 7) is 10.7. The maximum atomic E-state index is 4.47. The first-order valence-electron chi connectivity index (χ1n) is 12.5. The van der Waals surface area contributed by atoms with E-state index < -0.39 is 0 Å². The smallest absolute Gasteiger partial charge is 0.0541 e. The van der Waals surface area contributed by atoms with Gasteiger partial charge in [0.15, 0.2) is 0 Å². The van der Waals surface area contributed by atoms with Crippen LogP contribution >= 0.6 is 0 Å². The lowest BCUT2D eigenvalue weighted by atomic mass is 9.73. The second-order valence-corrected chi connectivity index (χ2v) is 9.07. The minimum absolute atomic E-state index is 0.113. The Morgan fingerprint density at radius 1 is 0.886 bits per heavy atom. The summed E-state index contributed by atoms with van der Waals surface area (Å²) in [5, 5.41) is 6.03. The zero-order valence-electron chi connectivity index (χ0n) is 20.8. The third-order valence-corrected chi connectivity index (χ3v) is 7.08. The molecule has 174 valence electrons. The Kier molecular flexibility index (Phi) is 6.05. The van der Waals surface area contributed by atoms with E-state index in [-0.39, 0.29) is 5.41 Å². The number of allylic oxidation sites excluding steroid dienone is 7. The Balaban J connectivity index is 0.00000124. The van der Waals surface area contributed by atoms with Gasteiger partial charge in [0, 0.05) is 33.8 Å². The topological polar surface area (TPSA) is 17.0 Å². The minimum atomic E-state index is -0.113. The van der Waals surface area contributed by atoms with Crippen LogP contribution in [0.2, 0.25) is 0 Å². The molecular formula is C33H32N2. The van der Waals surface area contributed by atoms with Crippen LogP contribution in [0.25, 0.3) is 33.1 Å². The van der Waals surface area contributed by atoms with E-state index in [9.17, 15) is 0 Å². The van der Waals surface area contributed by atoms with Crippen molar-refractivity contribution in [1.29, 1.82) is 0 Å². The number of para-hydroxylation sites is 2. The van der Waals surface area contributed by atoms with E-state index in [1.165, 1.54) is 44.3 Å². The molecule has 6 rings (SSSR count). The standard InChI is InChI=1S/C31H26N2.C2H6/c1-22-20-24(17-19-32-30-14-8-9-18-31(22,30)2)23-15-16-29-27(21-23)26-12-6-7-13-28(26)33(29)25-10-4-3-5-11-25;1-2/h3-17,19-21,32H,1,18H2,2H3;1-2H3/b19-17-,24-20+;. The van der Waals surface area contributed by atoms with Crippen LogP contribution in [0.1, 0.15) is 32.8 Å². The third kappa shape index (κ3) is 3.85. The average molecular weight is 457 g/mol. The van der Waals surface area contributed by atoms with Crippen LogP contribution in [0.15, 0.2) is 127 Å². The van der Waals surface area contributed by atoms with Crippen molar-refractivity contribution in [3.05, 3.63) is 133 Å². The highest BCUT2D eigenvalue weighted by atomic mass is 15.0. The average Bonchev–Trinajstić information content (AvgIpc) is 3.23. The lowest BCUT2D eigenvalue weighted by molar-refractivity contribution is 0.470. The van der Waals surface area contributed by atoms with Crippen LogP contribution in [-0.2, 0) is 0 Å². The summed E-state index contributed by atoms with van der Waals surface area (Å²) in [6, 6.07) is 26.0. The third-order valence-electron chi connectivity index (χ3n) is 7.08. The zero-order chi connectivity index (χ0) is 24.4. The van der Waals surface area contributed by atoms with Gasteiger partial charge in [-0.05, 0) is 72.5 Å². The van der Waals surface area contributed by atoms with Gasteiger partial charge in [-0.3, -0.25) is 0 Å². The summed E-state index contributed by atoms with van der Waals surface area (Å²) in [4.78, 5) is 0. The quantitative estimate of drug-likeness (QED) is 0.319. The van der Waals surface area contributed by atoms with E-state index in [1.54, 1.807) is 0 Å². The Bertz CT molecular complexity index is 1530. The lowest BCUT2D eigenvalue weighted by Gasteiger charge is -2.35. The highest BCUT2D eigenvalue weighted by molar-refractivity contribution is 6.10. The van der Waals surface area contributed by atoms with E-state index >= 15 is 0 Å². The van der Waals surface area contributed by atoms with Crippen molar-refractivity contribution in [3.63, 3.8) is 0 Å².